The summed E-state index contributed by atoms with van der Waals surface area (Å²) in [5, 5.41) is 4.49. The van der Waals surface area contributed by atoms with E-state index in [1.165, 1.54) is 16.4 Å². The molecular formula is C13H12Cl2FN3OS. The van der Waals surface area contributed by atoms with Crippen LogP contribution in [-0.4, -0.2) is 23.6 Å². The number of alkyl halides is 1. The number of hydrogen-bond donors (Lipinski definition) is 0. The Bertz CT molecular complexity index is 720. The van der Waals surface area contributed by atoms with Gasteiger partial charge in [0.2, 0.25) is 0 Å². The Morgan fingerprint density at radius 2 is 2.10 bits per heavy atom. The highest BCUT2D eigenvalue weighted by Crippen LogP contribution is 2.32. The number of fused-ring (bicyclic) bond motifs is 1. The Labute approximate surface area is 133 Å². The molecule has 8 heteroatoms. The second-order valence-electron chi connectivity index (χ2n) is 4.77. The number of hydrogen-bond acceptors (Lipinski definition) is 3. The van der Waals surface area contributed by atoms with Crippen LogP contribution in [0, 0.1) is 5.82 Å². The summed E-state index contributed by atoms with van der Waals surface area (Å²) >= 11 is 11.4. The minimum Gasteiger partial charge on any atom is -0.250 e. The van der Waals surface area contributed by atoms with Crippen molar-refractivity contribution in [1.29, 1.82) is 0 Å². The van der Waals surface area contributed by atoms with Crippen molar-refractivity contribution in [3.63, 3.8) is 0 Å². The third kappa shape index (κ3) is 2.72. The number of nitrogens with zero attached hydrogens (tertiary/aromatic N) is 3. The zero-order valence-electron chi connectivity index (χ0n) is 11.0. The number of pyridine rings is 1. The lowest BCUT2D eigenvalue weighted by Gasteiger charge is -2.13. The van der Waals surface area contributed by atoms with Gasteiger partial charge in [-0.05, 0) is 31.7 Å². The molecule has 0 saturated heterocycles. The first kappa shape index (κ1) is 14.9. The summed E-state index contributed by atoms with van der Waals surface area (Å²) in [7, 11) is -1.45. The Morgan fingerprint density at radius 1 is 1.33 bits per heavy atom. The van der Waals surface area contributed by atoms with Crippen molar-refractivity contribution in [2.24, 2.45) is 0 Å². The van der Waals surface area contributed by atoms with E-state index in [4.69, 9.17) is 23.2 Å². The van der Waals surface area contributed by atoms with Crippen LogP contribution in [0.4, 0.5) is 4.39 Å². The molecule has 2 aromatic rings. The molecule has 112 valence electrons. The molecule has 0 fully saturated rings. The maximum Gasteiger partial charge on any atom is 0.155 e. The van der Waals surface area contributed by atoms with Gasteiger partial charge in [-0.3, -0.25) is 0 Å². The summed E-state index contributed by atoms with van der Waals surface area (Å²) in [6, 6.07) is 1.21. The van der Waals surface area contributed by atoms with E-state index in [-0.39, 0.29) is 15.9 Å². The summed E-state index contributed by atoms with van der Waals surface area (Å²) in [5.41, 5.74) is 2.36. The van der Waals surface area contributed by atoms with E-state index in [1.807, 2.05) is 0 Å². The minimum absolute atomic E-state index is 0.0515. The van der Waals surface area contributed by atoms with Gasteiger partial charge in [0, 0.05) is 11.8 Å². The van der Waals surface area contributed by atoms with Crippen LogP contribution in [-0.2, 0) is 23.8 Å². The maximum atomic E-state index is 14.1. The molecule has 0 saturated carbocycles. The van der Waals surface area contributed by atoms with Gasteiger partial charge in [0.1, 0.15) is 16.6 Å². The molecule has 0 amide bonds. The summed E-state index contributed by atoms with van der Waals surface area (Å²) in [5.74, 6) is -0.530. The molecule has 0 bridgehead atoms. The van der Waals surface area contributed by atoms with E-state index in [9.17, 15) is 8.60 Å². The first-order valence-electron chi connectivity index (χ1n) is 6.49. The molecule has 0 radical (unpaired) electrons. The molecule has 0 aliphatic heterocycles. The minimum atomic E-state index is -1.45. The van der Waals surface area contributed by atoms with Crippen molar-refractivity contribution < 1.29 is 8.60 Å². The van der Waals surface area contributed by atoms with Gasteiger partial charge in [-0.15, -0.1) is 11.6 Å². The molecule has 2 aromatic heterocycles. The first-order chi connectivity index (χ1) is 10.1. The average Bonchev–Trinajstić information content (AvgIpc) is 2.86. The zero-order chi connectivity index (χ0) is 15.0. The Kier molecular flexibility index (Phi) is 4.28. The van der Waals surface area contributed by atoms with Crippen molar-refractivity contribution in [3.8, 4) is 11.4 Å². The highest BCUT2D eigenvalue weighted by molar-refractivity contribution is 7.84. The molecule has 0 spiro atoms. The van der Waals surface area contributed by atoms with Gasteiger partial charge in [-0.25, -0.2) is 13.6 Å². The van der Waals surface area contributed by atoms with Gasteiger partial charge < -0.3 is 0 Å². The molecule has 1 unspecified atom stereocenters. The van der Waals surface area contributed by atoms with E-state index in [1.54, 1.807) is 0 Å². The fourth-order valence-corrected chi connectivity index (χ4v) is 3.70. The van der Waals surface area contributed by atoms with E-state index >= 15 is 0 Å². The second-order valence-corrected chi connectivity index (χ2v) is 7.07. The summed E-state index contributed by atoms with van der Waals surface area (Å²) in [6.45, 7) is 0. The first-order valence-corrected chi connectivity index (χ1v) is 8.67. The third-order valence-electron chi connectivity index (χ3n) is 3.46. The van der Waals surface area contributed by atoms with Crippen LogP contribution in [0.15, 0.2) is 12.3 Å². The lowest BCUT2D eigenvalue weighted by atomic mass is 9.95. The van der Waals surface area contributed by atoms with Crippen LogP contribution in [0.2, 0.25) is 5.02 Å². The predicted octanol–water partition coefficient (Wildman–Crippen LogP) is 3.32. The SMILES string of the molecule is O=S(CCl)n1nc(-c2ncc(Cl)cc2F)c2c1CCCC2. The van der Waals surface area contributed by atoms with E-state index in [0.29, 0.717) is 5.69 Å². The Balaban J connectivity index is 2.18. The number of halogens is 3. The van der Waals surface area contributed by atoms with E-state index in [0.717, 1.165) is 36.9 Å². The van der Waals surface area contributed by atoms with Crippen LogP contribution >= 0.6 is 23.2 Å². The zero-order valence-corrected chi connectivity index (χ0v) is 13.3. The largest absolute Gasteiger partial charge is 0.250 e. The molecule has 4 nitrogen and oxygen atoms in total. The standard InChI is InChI=1S/C13H12Cl2FN3OS/c14-7-21(20)19-11-4-2-1-3-9(11)12(18-19)13-10(16)5-8(15)6-17-13/h5-6H,1-4,7H2. The van der Waals surface area contributed by atoms with Crippen molar-refractivity contribution in [3.05, 3.63) is 34.4 Å². The fourth-order valence-electron chi connectivity index (χ4n) is 2.56. The van der Waals surface area contributed by atoms with Crippen LogP contribution in [0.5, 0.6) is 0 Å². The van der Waals surface area contributed by atoms with Crippen molar-refractivity contribution in [2.45, 2.75) is 25.7 Å². The van der Waals surface area contributed by atoms with Crippen molar-refractivity contribution >= 4 is 34.2 Å². The molecule has 21 heavy (non-hydrogen) atoms. The summed E-state index contributed by atoms with van der Waals surface area (Å²) in [4.78, 5) is 4.04. The summed E-state index contributed by atoms with van der Waals surface area (Å²) in [6.07, 6.45) is 4.91. The van der Waals surface area contributed by atoms with Crippen LogP contribution in [0.1, 0.15) is 24.1 Å². The van der Waals surface area contributed by atoms with Crippen LogP contribution in [0.3, 0.4) is 0 Å². The second kappa shape index (κ2) is 6.02. The molecule has 3 rings (SSSR count). The Morgan fingerprint density at radius 3 is 2.81 bits per heavy atom. The molecule has 1 atom stereocenters. The Hall–Kier alpha value is -0.980. The average molecular weight is 348 g/mol. The van der Waals surface area contributed by atoms with Gasteiger partial charge in [-0.1, -0.05) is 11.6 Å². The van der Waals surface area contributed by atoms with Gasteiger partial charge in [0.15, 0.2) is 16.8 Å². The highest BCUT2D eigenvalue weighted by atomic mass is 35.5. The molecule has 0 N–H and O–H groups in total. The lowest BCUT2D eigenvalue weighted by Crippen LogP contribution is -2.13. The normalized spacial score (nSPS) is 15.8. The summed E-state index contributed by atoms with van der Waals surface area (Å²) < 4.78 is 27.5. The molecular weight excluding hydrogens is 336 g/mol. The third-order valence-corrected chi connectivity index (χ3v) is 5.11. The smallest absolute Gasteiger partial charge is 0.155 e. The quantitative estimate of drug-likeness (QED) is 0.800. The molecule has 2 heterocycles. The van der Waals surface area contributed by atoms with Crippen LogP contribution < -0.4 is 0 Å². The van der Waals surface area contributed by atoms with Gasteiger partial charge in [0.05, 0.1) is 10.7 Å². The monoisotopic (exact) mass is 347 g/mol. The maximum absolute atomic E-state index is 14.1. The number of aromatic nitrogens is 3. The van der Waals surface area contributed by atoms with Gasteiger partial charge >= 0.3 is 0 Å². The topological polar surface area (TPSA) is 47.8 Å². The van der Waals surface area contributed by atoms with E-state index < -0.39 is 16.8 Å². The van der Waals surface area contributed by atoms with Crippen molar-refractivity contribution in [1.82, 2.24) is 14.2 Å². The molecule has 1 aliphatic rings. The van der Waals surface area contributed by atoms with Crippen molar-refractivity contribution in [2.75, 3.05) is 5.21 Å². The van der Waals surface area contributed by atoms with E-state index in [2.05, 4.69) is 10.1 Å². The fraction of sp³-hybridized carbons (Fsp3) is 0.385. The predicted molar refractivity (Wildman–Crippen MR) is 81.3 cm³/mol. The highest BCUT2D eigenvalue weighted by Gasteiger charge is 2.26. The van der Waals surface area contributed by atoms with Gasteiger partial charge in [0.25, 0.3) is 0 Å². The van der Waals surface area contributed by atoms with Gasteiger partial charge in [-0.2, -0.15) is 9.19 Å². The number of rotatable bonds is 3. The molecule has 1 aliphatic carbocycles. The van der Waals surface area contributed by atoms with Crippen LogP contribution in [0.25, 0.3) is 11.4 Å². The lowest BCUT2D eigenvalue weighted by molar-refractivity contribution is 0.624. The molecule has 0 aromatic carbocycles.